The van der Waals surface area contributed by atoms with Crippen LogP contribution in [0.5, 0.6) is 0 Å². The summed E-state index contributed by atoms with van der Waals surface area (Å²) in [5.41, 5.74) is 1.18. The number of benzene rings is 3. The molecule has 0 spiro atoms. The fourth-order valence-electron chi connectivity index (χ4n) is 2.86. The number of rotatable bonds is 7. The normalized spacial score (nSPS) is 12.7. The molecule has 3 rings (SSSR count). The summed E-state index contributed by atoms with van der Waals surface area (Å²) >= 11 is 0. The summed E-state index contributed by atoms with van der Waals surface area (Å²) < 4.78 is 15.8. The van der Waals surface area contributed by atoms with E-state index in [4.69, 9.17) is 0 Å². The molecule has 0 bridgehead atoms. The van der Waals surface area contributed by atoms with E-state index >= 15 is 0 Å². The largest absolute Gasteiger partial charge is 0.237 e. The van der Waals surface area contributed by atoms with Crippen LogP contribution in [0, 0.1) is 12.8 Å². The van der Waals surface area contributed by atoms with Crippen LogP contribution < -0.4 is 10.6 Å². The summed E-state index contributed by atoms with van der Waals surface area (Å²) in [5, 5.41) is 2.44. The van der Waals surface area contributed by atoms with Gasteiger partial charge in [-0.15, -0.1) is 0 Å². The van der Waals surface area contributed by atoms with E-state index in [1.165, 1.54) is 16.2 Å². The van der Waals surface area contributed by atoms with Gasteiger partial charge in [0.15, 0.2) is 0 Å². The fraction of sp³-hybridized carbons (Fsp3) is 0.217. The molecular formula is C23H26NOPS. The van der Waals surface area contributed by atoms with Gasteiger partial charge < -0.3 is 0 Å². The Morgan fingerprint density at radius 3 is 1.74 bits per heavy atom. The Bertz CT molecular complexity index is 826. The Balaban J connectivity index is 2.08. The first-order valence-corrected chi connectivity index (χ1v) is 11.6. The van der Waals surface area contributed by atoms with Crippen molar-refractivity contribution >= 4 is 29.7 Å². The van der Waals surface area contributed by atoms with Crippen LogP contribution in [0.2, 0.25) is 0 Å². The van der Waals surface area contributed by atoms with Crippen molar-refractivity contribution in [3.63, 3.8) is 0 Å². The van der Waals surface area contributed by atoms with Gasteiger partial charge >= 0.3 is 0 Å². The summed E-state index contributed by atoms with van der Waals surface area (Å²) in [4.78, 5) is 0.862. The van der Waals surface area contributed by atoms with Gasteiger partial charge in [-0.3, -0.25) is 0 Å². The molecule has 0 aliphatic heterocycles. The Morgan fingerprint density at radius 1 is 0.815 bits per heavy atom. The molecule has 4 heteroatoms. The Labute approximate surface area is 166 Å². The van der Waals surface area contributed by atoms with Crippen LogP contribution >= 0.6 is 8.07 Å². The second-order valence-corrected chi connectivity index (χ2v) is 10.8. The van der Waals surface area contributed by atoms with Gasteiger partial charge in [-0.25, -0.2) is 4.21 Å². The molecule has 0 aromatic heterocycles. The standard InChI is InChI=1S/C23H26NOPS/c1-19(2)18-24(27(25)23-16-14-20(3)15-17-23)26(21-10-6-4-7-11-21)22-12-8-5-9-13-22/h4-17,19H,18H2,1-3H3/t27-/m1/s1. The maximum atomic E-state index is 13.6. The third kappa shape index (κ3) is 5.13. The minimum Gasteiger partial charge on any atom is -0.237 e. The summed E-state index contributed by atoms with van der Waals surface area (Å²) in [6.07, 6.45) is 0. The molecule has 0 fully saturated rings. The van der Waals surface area contributed by atoms with Gasteiger partial charge in [0.1, 0.15) is 11.0 Å². The molecule has 0 saturated heterocycles. The van der Waals surface area contributed by atoms with Crippen molar-refractivity contribution in [2.45, 2.75) is 25.7 Å². The molecule has 0 N–H and O–H groups in total. The van der Waals surface area contributed by atoms with E-state index < -0.39 is 19.1 Å². The lowest BCUT2D eigenvalue weighted by Gasteiger charge is -2.32. The van der Waals surface area contributed by atoms with Gasteiger partial charge in [-0.1, -0.05) is 92.2 Å². The van der Waals surface area contributed by atoms with Crippen LogP contribution in [-0.4, -0.2) is 14.8 Å². The number of nitrogens with zero attached hydrogens (tertiary/aromatic N) is 1. The van der Waals surface area contributed by atoms with Crippen LogP contribution in [0.3, 0.4) is 0 Å². The molecule has 0 heterocycles. The van der Waals surface area contributed by atoms with Gasteiger partial charge in [0.05, 0.1) is 4.90 Å². The highest BCUT2D eigenvalue weighted by molar-refractivity contribution is 7.92. The minimum atomic E-state index is -1.22. The van der Waals surface area contributed by atoms with Gasteiger partial charge in [0.25, 0.3) is 0 Å². The van der Waals surface area contributed by atoms with Crippen molar-refractivity contribution in [1.29, 1.82) is 0 Å². The summed E-state index contributed by atoms with van der Waals surface area (Å²) in [7, 11) is -2.10. The van der Waals surface area contributed by atoms with E-state index in [1.54, 1.807) is 0 Å². The second kappa shape index (κ2) is 9.41. The maximum Gasteiger partial charge on any atom is 0.131 e. The fourth-order valence-corrected chi connectivity index (χ4v) is 7.56. The average Bonchev–Trinajstić information content (AvgIpc) is 2.69. The van der Waals surface area contributed by atoms with E-state index in [-0.39, 0.29) is 0 Å². The molecule has 0 saturated carbocycles. The van der Waals surface area contributed by atoms with Crippen molar-refractivity contribution in [1.82, 2.24) is 4.08 Å². The first-order chi connectivity index (χ1) is 13.1. The van der Waals surface area contributed by atoms with Crippen LogP contribution in [0.4, 0.5) is 0 Å². The Morgan fingerprint density at radius 2 is 1.30 bits per heavy atom. The zero-order valence-corrected chi connectivity index (χ0v) is 17.8. The van der Waals surface area contributed by atoms with Gasteiger partial charge in [0.2, 0.25) is 0 Å². The molecule has 0 amide bonds. The quantitative estimate of drug-likeness (QED) is 0.514. The molecule has 0 radical (unpaired) electrons. The van der Waals surface area contributed by atoms with Crippen LogP contribution in [-0.2, 0) is 11.0 Å². The summed E-state index contributed by atoms with van der Waals surface area (Å²) in [6, 6.07) is 29.0. The summed E-state index contributed by atoms with van der Waals surface area (Å²) in [6.45, 7) is 7.20. The minimum absolute atomic E-state index is 0.414. The molecule has 2 nitrogen and oxygen atoms in total. The monoisotopic (exact) mass is 395 g/mol. The second-order valence-electron chi connectivity index (χ2n) is 6.97. The molecule has 1 atom stereocenters. The molecular weight excluding hydrogens is 369 g/mol. The average molecular weight is 396 g/mol. The number of aryl methyl sites for hydroxylation is 1. The first-order valence-electron chi connectivity index (χ1n) is 9.22. The lowest BCUT2D eigenvalue weighted by Crippen LogP contribution is -2.33. The van der Waals surface area contributed by atoms with E-state index in [0.717, 1.165) is 11.4 Å². The molecule has 3 aromatic rings. The Kier molecular flexibility index (Phi) is 6.95. The van der Waals surface area contributed by atoms with Crippen LogP contribution in [0.15, 0.2) is 89.8 Å². The van der Waals surface area contributed by atoms with E-state index in [9.17, 15) is 4.21 Å². The van der Waals surface area contributed by atoms with Crippen molar-refractivity contribution in [2.24, 2.45) is 5.92 Å². The van der Waals surface area contributed by atoms with E-state index in [0.29, 0.717) is 5.92 Å². The van der Waals surface area contributed by atoms with Crippen molar-refractivity contribution in [2.75, 3.05) is 6.54 Å². The Hall–Kier alpha value is -1.80. The lowest BCUT2D eigenvalue weighted by molar-refractivity contribution is 0.527. The van der Waals surface area contributed by atoms with Crippen molar-refractivity contribution < 1.29 is 4.21 Å². The number of hydrogen-bond donors (Lipinski definition) is 0. The van der Waals surface area contributed by atoms with E-state index in [2.05, 4.69) is 73.4 Å². The maximum absolute atomic E-state index is 13.6. The smallest absolute Gasteiger partial charge is 0.131 e. The van der Waals surface area contributed by atoms with E-state index in [1.807, 2.05) is 36.4 Å². The van der Waals surface area contributed by atoms with Gasteiger partial charge in [0, 0.05) is 14.6 Å². The summed E-state index contributed by atoms with van der Waals surface area (Å²) in [5.74, 6) is 0.414. The molecule has 0 unspecified atom stereocenters. The first kappa shape index (κ1) is 19.9. The molecule has 0 aliphatic rings. The topological polar surface area (TPSA) is 20.3 Å². The molecule has 140 valence electrons. The van der Waals surface area contributed by atoms with Gasteiger partial charge in [-0.05, 0) is 35.6 Å². The molecule has 3 aromatic carbocycles. The van der Waals surface area contributed by atoms with Crippen LogP contribution in [0.25, 0.3) is 0 Å². The lowest BCUT2D eigenvalue weighted by atomic mass is 10.2. The van der Waals surface area contributed by atoms with Crippen LogP contribution in [0.1, 0.15) is 19.4 Å². The van der Waals surface area contributed by atoms with Crippen molar-refractivity contribution in [3.8, 4) is 0 Å². The van der Waals surface area contributed by atoms with Crippen molar-refractivity contribution in [3.05, 3.63) is 90.5 Å². The zero-order valence-electron chi connectivity index (χ0n) is 16.1. The SMILES string of the molecule is Cc1ccc([S@@](=O)N(CC(C)C)P(c2ccccc2)c2ccccc2)cc1. The highest BCUT2D eigenvalue weighted by atomic mass is 32.2. The zero-order chi connectivity index (χ0) is 19.2. The third-order valence-corrected chi connectivity index (χ3v) is 8.49. The van der Waals surface area contributed by atoms with Gasteiger partial charge in [-0.2, -0.15) is 4.08 Å². The highest BCUT2D eigenvalue weighted by Crippen LogP contribution is 2.41. The third-order valence-electron chi connectivity index (χ3n) is 4.16. The predicted molar refractivity (Wildman–Crippen MR) is 118 cm³/mol. The number of hydrogen-bond acceptors (Lipinski definition) is 1. The highest BCUT2D eigenvalue weighted by Gasteiger charge is 2.28. The molecule has 27 heavy (non-hydrogen) atoms. The predicted octanol–water partition coefficient (Wildman–Crippen LogP) is 5.02. The molecule has 0 aliphatic carbocycles.